The van der Waals surface area contributed by atoms with E-state index in [4.69, 9.17) is 11.6 Å². The topological polar surface area (TPSA) is 65.1 Å². The van der Waals surface area contributed by atoms with Crippen molar-refractivity contribution in [3.63, 3.8) is 0 Å². The van der Waals surface area contributed by atoms with Gasteiger partial charge in [-0.15, -0.1) is 0 Å². The normalized spacial score (nSPS) is 14.8. The van der Waals surface area contributed by atoms with Gasteiger partial charge < -0.3 is 16.0 Å². The van der Waals surface area contributed by atoms with Crippen LogP contribution in [-0.2, 0) is 0 Å². The Morgan fingerprint density at radius 1 is 1.30 bits per heavy atom. The number of nitrogens with zero attached hydrogens (tertiary/aromatic N) is 3. The molecule has 0 saturated carbocycles. The van der Waals surface area contributed by atoms with Crippen LogP contribution < -0.4 is 16.0 Å². The summed E-state index contributed by atoms with van der Waals surface area (Å²) in [5, 5.41) is 10.5. The number of benzene rings is 1. The Bertz CT molecular complexity index is 629. The molecule has 0 radical (unpaired) electrons. The molecule has 122 valence electrons. The lowest BCUT2D eigenvalue weighted by atomic mass is 10.3. The fraction of sp³-hybridized carbons (Fsp3) is 0.375. The summed E-state index contributed by atoms with van der Waals surface area (Å²) >= 11 is 5.98. The average Bonchev–Trinajstić information content (AvgIpc) is 3.05. The first-order valence-electron chi connectivity index (χ1n) is 7.82. The predicted octanol–water partition coefficient (Wildman–Crippen LogP) is 2.54. The van der Waals surface area contributed by atoms with Gasteiger partial charge in [0.15, 0.2) is 0 Å². The second kappa shape index (κ2) is 8.10. The lowest BCUT2D eigenvalue weighted by molar-refractivity contribution is 0.333. The Balaban J connectivity index is 1.48. The van der Waals surface area contributed by atoms with E-state index >= 15 is 0 Å². The van der Waals surface area contributed by atoms with E-state index in [-0.39, 0.29) is 0 Å². The quantitative estimate of drug-likeness (QED) is 0.677. The number of hydrogen-bond donors (Lipinski definition) is 3. The van der Waals surface area contributed by atoms with Crippen LogP contribution in [0.4, 0.5) is 17.5 Å². The molecule has 7 heteroatoms. The molecule has 1 aliphatic heterocycles. The summed E-state index contributed by atoms with van der Waals surface area (Å²) in [6.07, 6.45) is 2.83. The molecule has 0 bridgehead atoms. The first-order chi connectivity index (χ1) is 11.3. The van der Waals surface area contributed by atoms with Crippen molar-refractivity contribution in [2.45, 2.75) is 6.42 Å². The molecule has 1 fully saturated rings. The Kier molecular flexibility index (Phi) is 5.63. The number of hydrogen-bond acceptors (Lipinski definition) is 6. The number of nitrogens with one attached hydrogen (secondary N) is 3. The summed E-state index contributed by atoms with van der Waals surface area (Å²) in [5.74, 6) is 1.38. The second-order valence-electron chi connectivity index (χ2n) is 5.46. The van der Waals surface area contributed by atoms with Crippen LogP contribution in [0.1, 0.15) is 6.42 Å². The number of anilines is 3. The van der Waals surface area contributed by atoms with E-state index in [0.717, 1.165) is 50.8 Å². The molecular weight excluding hydrogens is 312 g/mol. The summed E-state index contributed by atoms with van der Waals surface area (Å²) in [6.45, 7) is 5.23. The van der Waals surface area contributed by atoms with E-state index in [2.05, 4.69) is 30.8 Å². The van der Waals surface area contributed by atoms with Crippen molar-refractivity contribution in [1.82, 2.24) is 20.2 Å². The SMILES string of the molecule is Clc1cccc(Nc2nccc(NCCCN3CCNC3)n2)c1. The highest BCUT2D eigenvalue weighted by Gasteiger charge is 2.09. The molecule has 2 aromatic rings. The zero-order chi connectivity index (χ0) is 15.9. The molecule has 1 aromatic heterocycles. The van der Waals surface area contributed by atoms with E-state index in [9.17, 15) is 0 Å². The molecule has 1 aliphatic rings. The van der Waals surface area contributed by atoms with Gasteiger partial charge in [0.25, 0.3) is 0 Å². The smallest absolute Gasteiger partial charge is 0.229 e. The van der Waals surface area contributed by atoms with Crippen molar-refractivity contribution in [3.8, 4) is 0 Å². The average molecular weight is 333 g/mol. The van der Waals surface area contributed by atoms with Crippen LogP contribution in [0, 0.1) is 0 Å². The third-order valence-electron chi connectivity index (χ3n) is 3.63. The first kappa shape index (κ1) is 16.0. The van der Waals surface area contributed by atoms with Gasteiger partial charge >= 0.3 is 0 Å². The molecule has 0 amide bonds. The molecule has 3 N–H and O–H groups in total. The van der Waals surface area contributed by atoms with Crippen LogP contribution in [-0.4, -0.2) is 47.7 Å². The molecule has 0 unspecified atom stereocenters. The van der Waals surface area contributed by atoms with Gasteiger partial charge in [-0.1, -0.05) is 17.7 Å². The van der Waals surface area contributed by atoms with Crippen LogP contribution in [0.15, 0.2) is 36.5 Å². The largest absolute Gasteiger partial charge is 0.370 e. The molecule has 23 heavy (non-hydrogen) atoms. The second-order valence-corrected chi connectivity index (χ2v) is 5.89. The van der Waals surface area contributed by atoms with Gasteiger partial charge in [-0.2, -0.15) is 4.98 Å². The van der Waals surface area contributed by atoms with Crippen LogP contribution >= 0.6 is 11.6 Å². The van der Waals surface area contributed by atoms with E-state index in [1.165, 1.54) is 0 Å². The minimum atomic E-state index is 0.556. The van der Waals surface area contributed by atoms with E-state index in [1.54, 1.807) is 6.20 Å². The third-order valence-corrected chi connectivity index (χ3v) is 3.87. The van der Waals surface area contributed by atoms with Crippen LogP contribution in [0.5, 0.6) is 0 Å². The van der Waals surface area contributed by atoms with Crippen LogP contribution in [0.3, 0.4) is 0 Å². The summed E-state index contributed by atoms with van der Waals surface area (Å²) in [5.41, 5.74) is 0.871. The summed E-state index contributed by atoms with van der Waals surface area (Å²) in [6, 6.07) is 9.37. The zero-order valence-corrected chi connectivity index (χ0v) is 13.7. The molecule has 1 aromatic carbocycles. The minimum absolute atomic E-state index is 0.556. The molecule has 1 saturated heterocycles. The highest BCUT2D eigenvalue weighted by atomic mass is 35.5. The molecule has 0 aliphatic carbocycles. The Hall–Kier alpha value is -1.89. The van der Waals surface area contributed by atoms with Gasteiger partial charge in [0, 0.05) is 49.8 Å². The number of rotatable bonds is 7. The van der Waals surface area contributed by atoms with E-state index in [1.807, 2.05) is 30.3 Å². The van der Waals surface area contributed by atoms with Crippen molar-refractivity contribution in [2.75, 3.05) is 43.5 Å². The highest BCUT2D eigenvalue weighted by Crippen LogP contribution is 2.18. The zero-order valence-electron chi connectivity index (χ0n) is 12.9. The van der Waals surface area contributed by atoms with Gasteiger partial charge in [0.1, 0.15) is 5.82 Å². The van der Waals surface area contributed by atoms with Gasteiger partial charge in [0.2, 0.25) is 5.95 Å². The van der Waals surface area contributed by atoms with Crippen LogP contribution in [0.2, 0.25) is 5.02 Å². The van der Waals surface area contributed by atoms with Gasteiger partial charge in [-0.3, -0.25) is 4.90 Å². The van der Waals surface area contributed by atoms with Crippen molar-refractivity contribution >= 4 is 29.1 Å². The Morgan fingerprint density at radius 3 is 3.09 bits per heavy atom. The molecule has 0 atom stereocenters. The predicted molar refractivity (Wildman–Crippen MR) is 94.3 cm³/mol. The lowest BCUT2D eigenvalue weighted by Gasteiger charge is -2.14. The summed E-state index contributed by atoms with van der Waals surface area (Å²) < 4.78 is 0. The summed E-state index contributed by atoms with van der Waals surface area (Å²) in [7, 11) is 0. The number of aromatic nitrogens is 2. The first-order valence-corrected chi connectivity index (χ1v) is 8.20. The highest BCUT2D eigenvalue weighted by molar-refractivity contribution is 6.30. The standard InChI is InChI=1S/C16H21ClN6/c17-13-3-1-4-14(11-13)21-16-20-7-5-15(22-16)19-6-2-9-23-10-8-18-12-23/h1,3-5,7,11,18H,2,6,8-10,12H2,(H2,19,20,21,22). The lowest BCUT2D eigenvalue weighted by Crippen LogP contribution is -2.24. The number of halogens is 1. The Morgan fingerprint density at radius 2 is 2.26 bits per heavy atom. The maximum atomic E-state index is 5.98. The van der Waals surface area contributed by atoms with E-state index in [0.29, 0.717) is 11.0 Å². The van der Waals surface area contributed by atoms with Crippen molar-refractivity contribution in [2.24, 2.45) is 0 Å². The maximum absolute atomic E-state index is 5.98. The Labute approximate surface area is 141 Å². The fourth-order valence-electron chi connectivity index (χ4n) is 2.48. The van der Waals surface area contributed by atoms with Crippen LogP contribution in [0.25, 0.3) is 0 Å². The fourth-order valence-corrected chi connectivity index (χ4v) is 2.67. The molecular formula is C16H21ClN6. The van der Waals surface area contributed by atoms with Crippen molar-refractivity contribution < 1.29 is 0 Å². The summed E-state index contributed by atoms with van der Waals surface area (Å²) in [4.78, 5) is 11.1. The molecule has 2 heterocycles. The van der Waals surface area contributed by atoms with Gasteiger partial charge in [0.05, 0.1) is 0 Å². The minimum Gasteiger partial charge on any atom is -0.370 e. The molecule has 3 rings (SSSR count). The monoisotopic (exact) mass is 332 g/mol. The van der Waals surface area contributed by atoms with E-state index < -0.39 is 0 Å². The third kappa shape index (κ3) is 5.06. The van der Waals surface area contributed by atoms with Gasteiger partial charge in [-0.25, -0.2) is 4.98 Å². The maximum Gasteiger partial charge on any atom is 0.229 e. The van der Waals surface area contributed by atoms with Crippen molar-refractivity contribution in [1.29, 1.82) is 0 Å². The molecule has 6 nitrogen and oxygen atoms in total. The van der Waals surface area contributed by atoms with Crippen molar-refractivity contribution in [3.05, 3.63) is 41.6 Å². The van der Waals surface area contributed by atoms with Gasteiger partial charge in [-0.05, 0) is 30.7 Å². The molecule has 0 spiro atoms.